The second-order valence-electron chi connectivity index (χ2n) is 7.37. The largest absolute Gasteiger partial charge is 0.465 e. The molecular formula is C21H21N7O2. The number of rotatable bonds is 3. The van der Waals surface area contributed by atoms with Crippen molar-refractivity contribution in [1.29, 1.82) is 0 Å². The molecule has 4 aromatic heterocycles. The first-order chi connectivity index (χ1) is 14.6. The lowest BCUT2D eigenvalue weighted by atomic mass is 10.0. The summed E-state index contributed by atoms with van der Waals surface area (Å²) in [7, 11) is 1.90. The number of pyridine rings is 2. The van der Waals surface area contributed by atoms with Gasteiger partial charge in [0.15, 0.2) is 0 Å². The minimum absolute atomic E-state index is 0.488. The molecule has 0 spiro atoms. The Bertz CT molecular complexity index is 1200. The van der Waals surface area contributed by atoms with Crippen LogP contribution in [0.25, 0.3) is 27.8 Å². The van der Waals surface area contributed by atoms with E-state index in [2.05, 4.69) is 32.2 Å². The standard InChI is InChI=1S/C21H21N7O2/c1-25-13-17(12-24-25)16-10-18(19-4-5-23-28(19)14-16)15-2-3-20(22-11-15)26-6-8-27(9-7-26)21(29)30/h2-5,10-14H,6-9H2,1H3,(H,29,30). The third-order valence-corrected chi connectivity index (χ3v) is 5.48. The molecule has 0 radical (unpaired) electrons. The third kappa shape index (κ3) is 3.24. The van der Waals surface area contributed by atoms with Gasteiger partial charge >= 0.3 is 6.09 Å². The van der Waals surface area contributed by atoms with E-state index in [0.29, 0.717) is 26.2 Å². The van der Waals surface area contributed by atoms with Crippen LogP contribution in [0.15, 0.2) is 55.2 Å². The highest BCUT2D eigenvalue weighted by Crippen LogP contribution is 2.30. The number of carboxylic acid groups (broad SMARTS) is 1. The van der Waals surface area contributed by atoms with Crippen LogP contribution >= 0.6 is 0 Å². The van der Waals surface area contributed by atoms with Crippen LogP contribution in [0.2, 0.25) is 0 Å². The molecule has 5 rings (SSSR count). The van der Waals surface area contributed by atoms with Gasteiger partial charge in [0.2, 0.25) is 0 Å². The number of nitrogens with zero attached hydrogens (tertiary/aromatic N) is 7. The van der Waals surface area contributed by atoms with E-state index in [4.69, 9.17) is 5.11 Å². The lowest BCUT2D eigenvalue weighted by molar-refractivity contribution is 0.142. The van der Waals surface area contributed by atoms with Gasteiger partial charge in [-0.2, -0.15) is 10.2 Å². The zero-order valence-electron chi connectivity index (χ0n) is 16.5. The van der Waals surface area contributed by atoms with E-state index >= 15 is 0 Å². The summed E-state index contributed by atoms with van der Waals surface area (Å²) in [6, 6.07) is 8.17. The maximum absolute atomic E-state index is 11.1. The second-order valence-corrected chi connectivity index (χ2v) is 7.37. The van der Waals surface area contributed by atoms with Gasteiger partial charge in [-0.1, -0.05) is 0 Å². The minimum Gasteiger partial charge on any atom is -0.465 e. The van der Waals surface area contributed by atoms with E-state index in [1.807, 2.05) is 48.5 Å². The lowest BCUT2D eigenvalue weighted by Crippen LogP contribution is -2.48. The summed E-state index contributed by atoms with van der Waals surface area (Å²) in [4.78, 5) is 19.3. The van der Waals surface area contributed by atoms with Crippen LogP contribution in [0.1, 0.15) is 0 Å². The first-order valence-corrected chi connectivity index (χ1v) is 9.74. The number of amides is 1. The first-order valence-electron chi connectivity index (χ1n) is 9.74. The summed E-state index contributed by atoms with van der Waals surface area (Å²) in [6.45, 7) is 2.26. The summed E-state index contributed by atoms with van der Waals surface area (Å²) in [5.74, 6) is 0.858. The number of fused-ring (bicyclic) bond motifs is 1. The normalized spacial score (nSPS) is 14.4. The number of anilines is 1. The third-order valence-electron chi connectivity index (χ3n) is 5.48. The molecule has 0 bridgehead atoms. The maximum Gasteiger partial charge on any atom is 0.407 e. The first kappa shape index (κ1) is 18.2. The van der Waals surface area contributed by atoms with Crippen molar-refractivity contribution in [3.8, 4) is 22.3 Å². The topological polar surface area (TPSA) is 91.8 Å². The molecule has 1 amide bonds. The Morgan fingerprint density at radius 1 is 0.967 bits per heavy atom. The highest BCUT2D eigenvalue weighted by molar-refractivity contribution is 5.84. The molecule has 5 heterocycles. The molecule has 30 heavy (non-hydrogen) atoms. The van der Waals surface area contributed by atoms with Crippen molar-refractivity contribution in [2.24, 2.45) is 7.05 Å². The molecule has 1 fully saturated rings. The van der Waals surface area contributed by atoms with Crippen LogP contribution < -0.4 is 4.90 Å². The fraction of sp³-hybridized carbons (Fsp3) is 0.238. The summed E-state index contributed by atoms with van der Waals surface area (Å²) in [6.07, 6.45) is 8.61. The smallest absolute Gasteiger partial charge is 0.407 e. The summed E-state index contributed by atoms with van der Waals surface area (Å²) in [5.41, 5.74) is 5.11. The maximum atomic E-state index is 11.1. The molecule has 152 valence electrons. The summed E-state index contributed by atoms with van der Waals surface area (Å²) in [5, 5.41) is 17.8. The van der Waals surface area contributed by atoms with E-state index in [9.17, 15) is 4.79 Å². The molecule has 9 heteroatoms. The van der Waals surface area contributed by atoms with Crippen LogP contribution in [-0.4, -0.2) is 66.7 Å². The summed E-state index contributed by atoms with van der Waals surface area (Å²) >= 11 is 0. The molecule has 0 unspecified atom stereocenters. The zero-order chi connectivity index (χ0) is 20.7. The Morgan fingerprint density at radius 2 is 1.80 bits per heavy atom. The van der Waals surface area contributed by atoms with E-state index < -0.39 is 6.09 Å². The monoisotopic (exact) mass is 403 g/mol. The lowest BCUT2D eigenvalue weighted by Gasteiger charge is -2.33. The molecule has 4 aromatic rings. The van der Waals surface area contributed by atoms with Crippen molar-refractivity contribution >= 4 is 17.4 Å². The molecule has 1 N–H and O–H groups in total. The van der Waals surface area contributed by atoms with Gasteiger partial charge in [-0.25, -0.2) is 14.3 Å². The SMILES string of the molecule is Cn1cc(-c2cc(-c3ccc(N4CCN(C(=O)O)CC4)nc3)c3ccnn3c2)cn1. The Labute approximate surface area is 172 Å². The second kappa shape index (κ2) is 7.18. The zero-order valence-corrected chi connectivity index (χ0v) is 16.5. The molecule has 0 atom stereocenters. The molecular weight excluding hydrogens is 382 g/mol. The van der Waals surface area contributed by atoms with Crippen molar-refractivity contribution in [1.82, 2.24) is 29.3 Å². The number of hydrogen-bond acceptors (Lipinski definition) is 5. The van der Waals surface area contributed by atoms with Crippen molar-refractivity contribution in [2.75, 3.05) is 31.1 Å². The van der Waals surface area contributed by atoms with Gasteiger partial charge in [0.25, 0.3) is 0 Å². The quantitative estimate of drug-likeness (QED) is 0.565. The van der Waals surface area contributed by atoms with Gasteiger partial charge < -0.3 is 14.9 Å². The van der Waals surface area contributed by atoms with Crippen molar-refractivity contribution < 1.29 is 9.90 Å². The van der Waals surface area contributed by atoms with Crippen LogP contribution in [0.5, 0.6) is 0 Å². The number of hydrogen-bond donors (Lipinski definition) is 1. The van der Waals surface area contributed by atoms with Crippen molar-refractivity contribution in [3.63, 3.8) is 0 Å². The van der Waals surface area contributed by atoms with Crippen molar-refractivity contribution in [2.45, 2.75) is 0 Å². The average molecular weight is 403 g/mol. The van der Waals surface area contributed by atoms with E-state index in [0.717, 1.165) is 33.6 Å². The van der Waals surface area contributed by atoms with Gasteiger partial charge in [-0.15, -0.1) is 0 Å². The molecule has 1 aliphatic heterocycles. The predicted octanol–water partition coefficient (Wildman–Crippen LogP) is 2.60. The molecule has 9 nitrogen and oxygen atoms in total. The van der Waals surface area contributed by atoms with Crippen LogP contribution in [0, 0.1) is 0 Å². The summed E-state index contributed by atoms with van der Waals surface area (Å²) < 4.78 is 3.65. The molecule has 1 saturated heterocycles. The Balaban J connectivity index is 1.46. The highest BCUT2D eigenvalue weighted by Gasteiger charge is 2.21. The van der Waals surface area contributed by atoms with Crippen LogP contribution in [0.4, 0.5) is 10.6 Å². The number of piperazine rings is 1. The fourth-order valence-corrected chi connectivity index (χ4v) is 3.85. The van der Waals surface area contributed by atoms with E-state index in [1.54, 1.807) is 10.9 Å². The average Bonchev–Trinajstić information content (AvgIpc) is 3.42. The Morgan fingerprint density at radius 3 is 2.47 bits per heavy atom. The fourth-order valence-electron chi connectivity index (χ4n) is 3.85. The van der Waals surface area contributed by atoms with Crippen molar-refractivity contribution in [3.05, 3.63) is 55.2 Å². The molecule has 0 aromatic carbocycles. The Kier molecular flexibility index (Phi) is 4.35. The molecule has 0 aliphatic carbocycles. The van der Waals surface area contributed by atoms with Gasteiger partial charge in [0.1, 0.15) is 5.82 Å². The molecule has 1 aliphatic rings. The van der Waals surface area contributed by atoms with Gasteiger partial charge in [-0.05, 0) is 24.3 Å². The van der Waals surface area contributed by atoms with E-state index in [-0.39, 0.29) is 0 Å². The minimum atomic E-state index is -0.865. The highest BCUT2D eigenvalue weighted by atomic mass is 16.4. The predicted molar refractivity (Wildman–Crippen MR) is 112 cm³/mol. The number of carbonyl (C=O) groups is 1. The van der Waals surface area contributed by atoms with Crippen LogP contribution in [-0.2, 0) is 7.05 Å². The van der Waals surface area contributed by atoms with Gasteiger partial charge in [0, 0.05) is 80.3 Å². The molecule has 0 saturated carbocycles. The van der Waals surface area contributed by atoms with Crippen LogP contribution in [0.3, 0.4) is 0 Å². The number of aromatic nitrogens is 5. The van der Waals surface area contributed by atoms with E-state index in [1.165, 1.54) is 4.90 Å². The number of aryl methyl sites for hydroxylation is 1. The van der Waals surface area contributed by atoms with Gasteiger partial charge in [0.05, 0.1) is 11.7 Å². The van der Waals surface area contributed by atoms with Gasteiger partial charge in [-0.3, -0.25) is 4.68 Å². The Hall–Kier alpha value is -3.88.